The number of hydrogen-bond acceptors (Lipinski definition) is 4. The minimum atomic E-state index is -3.46. The highest BCUT2D eigenvalue weighted by atomic mass is 32.2. The summed E-state index contributed by atoms with van der Waals surface area (Å²) in [6, 6.07) is 6.49. The van der Waals surface area contributed by atoms with Crippen molar-refractivity contribution >= 4 is 10.0 Å². The number of benzene rings is 1. The lowest BCUT2D eigenvalue weighted by Crippen LogP contribution is -2.39. The fourth-order valence-electron chi connectivity index (χ4n) is 2.51. The monoisotopic (exact) mass is 298 g/mol. The second-order valence-corrected chi connectivity index (χ2v) is 7.04. The van der Waals surface area contributed by atoms with Crippen LogP contribution in [-0.4, -0.2) is 46.1 Å². The van der Waals surface area contributed by atoms with Crippen LogP contribution in [0, 0.1) is 5.92 Å². The zero-order valence-electron chi connectivity index (χ0n) is 12.2. The van der Waals surface area contributed by atoms with Crippen LogP contribution in [0.5, 0.6) is 5.75 Å². The van der Waals surface area contributed by atoms with Crippen LogP contribution >= 0.6 is 0 Å². The van der Waals surface area contributed by atoms with E-state index in [-0.39, 0.29) is 10.9 Å². The van der Waals surface area contributed by atoms with E-state index in [1.165, 1.54) is 0 Å². The number of likely N-dealkylation sites (N-methyl/N-ethyl adjacent to an activating group) is 1. The largest absolute Gasteiger partial charge is 0.494 e. The van der Waals surface area contributed by atoms with Crippen molar-refractivity contribution in [2.24, 2.45) is 5.92 Å². The van der Waals surface area contributed by atoms with Crippen LogP contribution in [0.3, 0.4) is 0 Å². The number of nitrogens with zero attached hydrogens (tertiary/aromatic N) is 1. The molecule has 1 saturated heterocycles. The van der Waals surface area contributed by atoms with Crippen LogP contribution in [0.4, 0.5) is 0 Å². The Morgan fingerprint density at radius 2 is 1.95 bits per heavy atom. The molecule has 1 N–H and O–H groups in total. The second-order valence-electron chi connectivity index (χ2n) is 5.33. The Morgan fingerprint density at radius 3 is 2.45 bits per heavy atom. The number of likely N-dealkylation sites (tertiary alicyclic amines) is 1. The van der Waals surface area contributed by atoms with E-state index in [4.69, 9.17) is 4.74 Å². The first-order valence-corrected chi connectivity index (χ1v) is 8.34. The zero-order valence-corrected chi connectivity index (χ0v) is 13.0. The lowest BCUT2D eigenvalue weighted by atomic mass is 10.1. The summed E-state index contributed by atoms with van der Waals surface area (Å²) < 4.78 is 32.8. The summed E-state index contributed by atoms with van der Waals surface area (Å²) in [5, 5.41) is 0. The molecule has 1 fully saturated rings. The summed E-state index contributed by atoms with van der Waals surface area (Å²) in [4.78, 5) is 2.42. The van der Waals surface area contributed by atoms with Gasteiger partial charge in [0.25, 0.3) is 0 Å². The fourth-order valence-corrected chi connectivity index (χ4v) is 3.85. The van der Waals surface area contributed by atoms with Gasteiger partial charge in [0, 0.05) is 19.1 Å². The molecule has 1 aliphatic heterocycles. The molecule has 5 nitrogen and oxygen atoms in total. The maximum Gasteiger partial charge on any atom is 0.240 e. The van der Waals surface area contributed by atoms with Crippen molar-refractivity contribution < 1.29 is 13.2 Å². The Kier molecular flexibility index (Phi) is 4.67. The van der Waals surface area contributed by atoms with Gasteiger partial charge in [-0.1, -0.05) is 6.92 Å². The molecule has 0 radical (unpaired) electrons. The van der Waals surface area contributed by atoms with Crippen LogP contribution in [-0.2, 0) is 10.0 Å². The number of nitrogens with one attached hydrogen (secondary N) is 1. The van der Waals surface area contributed by atoms with E-state index in [1.54, 1.807) is 24.3 Å². The summed E-state index contributed by atoms with van der Waals surface area (Å²) in [5.74, 6) is 0.998. The molecule has 2 atom stereocenters. The van der Waals surface area contributed by atoms with E-state index >= 15 is 0 Å². The van der Waals surface area contributed by atoms with Gasteiger partial charge in [0.2, 0.25) is 10.0 Å². The smallest absolute Gasteiger partial charge is 0.240 e. The predicted octanol–water partition coefficient (Wildman–Crippen LogP) is 1.31. The third-order valence-electron chi connectivity index (χ3n) is 3.55. The molecule has 1 aromatic rings. The molecule has 0 bridgehead atoms. The lowest BCUT2D eigenvalue weighted by Gasteiger charge is -2.16. The fraction of sp³-hybridized carbons (Fsp3) is 0.571. The van der Waals surface area contributed by atoms with Gasteiger partial charge in [-0.25, -0.2) is 13.1 Å². The summed E-state index contributed by atoms with van der Waals surface area (Å²) in [6.07, 6.45) is 0. The molecule has 0 aromatic heterocycles. The van der Waals surface area contributed by atoms with Crippen molar-refractivity contribution in [3.8, 4) is 5.75 Å². The van der Waals surface area contributed by atoms with Crippen molar-refractivity contribution in [2.45, 2.75) is 24.8 Å². The number of hydrogen-bond donors (Lipinski definition) is 1. The third kappa shape index (κ3) is 3.50. The average Bonchev–Trinajstić information content (AvgIpc) is 2.68. The molecule has 0 spiro atoms. The standard InChI is InChI=1S/C14H22N2O3S/c1-4-19-12-5-7-13(8-6-12)20(17,18)15-14-10-16(3)9-11(14)2/h5-8,11,14-15H,4,9-10H2,1-3H3/t11-,14-/m0/s1. The second kappa shape index (κ2) is 6.11. The molecule has 0 amide bonds. The van der Waals surface area contributed by atoms with Gasteiger partial charge in [-0.15, -0.1) is 0 Å². The number of rotatable bonds is 5. The Bertz CT molecular complexity index is 542. The molecule has 1 aliphatic rings. The van der Waals surface area contributed by atoms with Crippen LogP contribution < -0.4 is 9.46 Å². The molecule has 1 aromatic carbocycles. The summed E-state index contributed by atoms with van der Waals surface area (Å²) in [6.45, 7) is 6.18. The Morgan fingerprint density at radius 1 is 1.30 bits per heavy atom. The van der Waals surface area contributed by atoms with Gasteiger partial charge in [0.15, 0.2) is 0 Å². The van der Waals surface area contributed by atoms with E-state index < -0.39 is 10.0 Å². The molecule has 0 unspecified atom stereocenters. The quantitative estimate of drug-likeness (QED) is 0.890. The third-order valence-corrected chi connectivity index (χ3v) is 5.05. The predicted molar refractivity (Wildman–Crippen MR) is 78.4 cm³/mol. The van der Waals surface area contributed by atoms with Crippen LogP contribution in [0.25, 0.3) is 0 Å². The van der Waals surface area contributed by atoms with E-state index in [2.05, 4.69) is 16.5 Å². The van der Waals surface area contributed by atoms with E-state index in [0.29, 0.717) is 18.3 Å². The maximum absolute atomic E-state index is 12.3. The molecule has 6 heteroatoms. The topological polar surface area (TPSA) is 58.6 Å². The Balaban J connectivity index is 2.10. The van der Waals surface area contributed by atoms with Gasteiger partial charge in [-0.2, -0.15) is 0 Å². The average molecular weight is 298 g/mol. The van der Waals surface area contributed by atoms with Crippen LogP contribution in [0.1, 0.15) is 13.8 Å². The van der Waals surface area contributed by atoms with E-state index in [0.717, 1.165) is 13.1 Å². The van der Waals surface area contributed by atoms with Crippen molar-refractivity contribution in [1.29, 1.82) is 0 Å². The van der Waals surface area contributed by atoms with E-state index in [9.17, 15) is 8.42 Å². The summed E-state index contributed by atoms with van der Waals surface area (Å²) in [5.41, 5.74) is 0. The first-order valence-electron chi connectivity index (χ1n) is 6.86. The first-order chi connectivity index (χ1) is 9.42. The van der Waals surface area contributed by atoms with Crippen molar-refractivity contribution in [3.63, 3.8) is 0 Å². The van der Waals surface area contributed by atoms with Gasteiger partial charge in [0.05, 0.1) is 11.5 Å². The Hall–Kier alpha value is -1.11. The van der Waals surface area contributed by atoms with Crippen molar-refractivity contribution in [2.75, 3.05) is 26.7 Å². The van der Waals surface area contributed by atoms with Gasteiger partial charge in [-0.3, -0.25) is 0 Å². The minimum Gasteiger partial charge on any atom is -0.494 e. The van der Waals surface area contributed by atoms with Gasteiger partial charge in [0.1, 0.15) is 5.75 Å². The molecule has 112 valence electrons. The summed E-state index contributed by atoms with van der Waals surface area (Å²) in [7, 11) is -1.46. The molecule has 20 heavy (non-hydrogen) atoms. The lowest BCUT2D eigenvalue weighted by molar-refractivity contribution is 0.340. The minimum absolute atomic E-state index is 0.0310. The van der Waals surface area contributed by atoms with Crippen molar-refractivity contribution in [1.82, 2.24) is 9.62 Å². The highest BCUT2D eigenvalue weighted by molar-refractivity contribution is 7.89. The molecule has 0 saturated carbocycles. The maximum atomic E-state index is 12.3. The van der Waals surface area contributed by atoms with Crippen LogP contribution in [0.2, 0.25) is 0 Å². The van der Waals surface area contributed by atoms with Gasteiger partial charge in [-0.05, 0) is 44.2 Å². The normalized spacial score (nSPS) is 23.9. The number of ether oxygens (including phenoxy) is 1. The zero-order chi connectivity index (χ0) is 14.8. The van der Waals surface area contributed by atoms with Gasteiger partial charge < -0.3 is 9.64 Å². The Labute approximate surface area is 121 Å². The first kappa shape index (κ1) is 15.3. The molecule has 1 heterocycles. The molecule has 2 rings (SSSR count). The highest BCUT2D eigenvalue weighted by Crippen LogP contribution is 2.19. The molecular formula is C14H22N2O3S. The number of sulfonamides is 1. The molecule has 0 aliphatic carbocycles. The summed E-state index contributed by atoms with van der Waals surface area (Å²) >= 11 is 0. The van der Waals surface area contributed by atoms with E-state index in [1.807, 2.05) is 14.0 Å². The van der Waals surface area contributed by atoms with Gasteiger partial charge >= 0.3 is 0 Å². The SMILES string of the molecule is CCOc1ccc(S(=O)(=O)N[C@H]2CN(C)C[C@@H]2C)cc1. The molecular weight excluding hydrogens is 276 g/mol. The highest BCUT2D eigenvalue weighted by Gasteiger charge is 2.31. The van der Waals surface area contributed by atoms with Crippen molar-refractivity contribution in [3.05, 3.63) is 24.3 Å². The van der Waals surface area contributed by atoms with Crippen LogP contribution in [0.15, 0.2) is 29.2 Å².